The van der Waals surface area contributed by atoms with Crippen molar-refractivity contribution in [2.75, 3.05) is 0 Å². The van der Waals surface area contributed by atoms with Gasteiger partial charge in [0.25, 0.3) is 0 Å². The van der Waals surface area contributed by atoms with E-state index >= 15 is 0 Å². The molecule has 0 atom stereocenters. The van der Waals surface area contributed by atoms with Crippen LogP contribution in [0.3, 0.4) is 0 Å². The number of imidazole rings is 2. The highest BCUT2D eigenvalue weighted by molar-refractivity contribution is 5.39. The van der Waals surface area contributed by atoms with Crippen molar-refractivity contribution in [3.8, 4) is 0 Å². The molecule has 0 radical (unpaired) electrons. The lowest BCUT2D eigenvalue weighted by Crippen LogP contribution is -2.23. The van der Waals surface area contributed by atoms with Gasteiger partial charge in [-0.3, -0.25) is 9.13 Å². The molecule has 0 spiro atoms. The van der Waals surface area contributed by atoms with Crippen LogP contribution in [0.15, 0.2) is 47.8 Å². The Balaban J connectivity index is 1.68. The monoisotopic (exact) mass is 254 g/mol. The van der Waals surface area contributed by atoms with Gasteiger partial charge in [-0.1, -0.05) is 6.07 Å². The molecule has 3 heterocycles. The minimum absolute atomic E-state index is 0.0690. The largest absolute Gasteiger partial charge is 0.328 e. The second-order valence-corrected chi connectivity index (χ2v) is 5.05. The van der Waals surface area contributed by atoms with E-state index in [0.29, 0.717) is 12.6 Å². The molecule has 19 heavy (non-hydrogen) atoms. The molecule has 1 saturated carbocycles. The number of hydrogen-bond acceptors (Lipinski definition) is 2. The first-order chi connectivity index (χ1) is 9.31. The highest BCUT2D eigenvalue weighted by Crippen LogP contribution is 2.33. The number of fused-ring (bicyclic) bond motifs is 1. The van der Waals surface area contributed by atoms with Crippen molar-refractivity contribution in [2.45, 2.75) is 25.4 Å². The SMILES string of the molecule is O=c1n(Cc2cn3ccccc3n2)ccn1C1CC1. The molecule has 1 aliphatic carbocycles. The fourth-order valence-electron chi connectivity index (χ4n) is 2.42. The molecule has 0 saturated heterocycles. The third kappa shape index (κ3) is 1.78. The Kier molecular flexibility index (Phi) is 2.15. The van der Waals surface area contributed by atoms with Crippen LogP contribution in [0.25, 0.3) is 5.65 Å². The van der Waals surface area contributed by atoms with Crippen molar-refractivity contribution < 1.29 is 0 Å². The van der Waals surface area contributed by atoms with Gasteiger partial charge in [-0.15, -0.1) is 0 Å². The molecule has 0 aliphatic heterocycles. The first-order valence-electron chi connectivity index (χ1n) is 6.51. The Bertz CT molecular complexity index is 758. The van der Waals surface area contributed by atoms with Crippen molar-refractivity contribution in [3.63, 3.8) is 0 Å². The van der Waals surface area contributed by atoms with Crippen LogP contribution in [0.1, 0.15) is 24.6 Å². The zero-order chi connectivity index (χ0) is 12.8. The van der Waals surface area contributed by atoms with E-state index in [1.807, 2.05) is 52.0 Å². The van der Waals surface area contributed by atoms with Crippen LogP contribution in [-0.2, 0) is 6.54 Å². The van der Waals surface area contributed by atoms with Crippen molar-refractivity contribution in [1.29, 1.82) is 0 Å². The molecule has 1 aliphatic rings. The minimum atomic E-state index is 0.0690. The summed E-state index contributed by atoms with van der Waals surface area (Å²) in [5, 5.41) is 0. The normalized spacial score (nSPS) is 15.2. The fourth-order valence-corrected chi connectivity index (χ4v) is 2.42. The summed E-state index contributed by atoms with van der Waals surface area (Å²) >= 11 is 0. The lowest BCUT2D eigenvalue weighted by Gasteiger charge is -1.98. The van der Waals surface area contributed by atoms with Gasteiger partial charge in [0.2, 0.25) is 0 Å². The molecule has 96 valence electrons. The second kappa shape index (κ2) is 3.85. The van der Waals surface area contributed by atoms with Crippen LogP contribution >= 0.6 is 0 Å². The van der Waals surface area contributed by atoms with Gasteiger partial charge in [0.1, 0.15) is 5.65 Å². The zero-order valence-corrected chi connectivity index (χ0v) is 10.4. The van der Waals surface area contributed by atoms with Gasteiger partial charge < -0.3 is 4.40 Å². The van der Waals surface area contributed by atoms with E-state index in [-0.39, 0.29) is 5.69 Å². The number of pyridine rings is 1. The molecule has 5 heteroatoms. The fraction of sp³-hybridized carbons (Fsp3) is 0.286. The van der Waals surface area contributed by atoms with Gasteiger partial charge in [-0.2, -0.15) is 0 Å². The van der Waals surface area contributed by atoms with Crippen molar-refractivity contribution in [2.24, 2.45) is 0 Å². The van der Waals surface area contributed by atoms with Crippen molar-refractivity contribution in [1.82, 2.24) is 18.5 Å². The standard InChI is InChI=1S/C14H14N4O/c19-14-17(7-8-18(14)12-4-5-12)10-11-9-16-6-2-1-3-13(16)15-11/h1-3,6-9,12H,4-5,10H2. The molecule has 0 unspecified atom stereocenters. The lowest BCUT2D eigenvalue weighted by molar-refractivity contribution is 0.652. The van der Waals surface area contributed by atoms with Gasteiger partial charge in [0, 0.05) is 30.8 Å². The van der Waals surface area contributed by atoms with Gasteiger partial charge in [-0.25, -0.2) is 9.78 Å². The molecule has 0 bridgehead atoms. The molecule has 0 N–H and O–H groups in total. The Morgan fingerprint density at radius 1 is 1.21 bits per heavy atom. The zero-order valence-electron chi connectivity index (χ0n) is 10.4. The minimum Gasteiger partial charge on any atom is -0.307 e. The summed E-state index contributed by atoms with van der Waals surface area (Å²) in [5.41, 5.74) is 1.88. The average molecular weight is 254 g/mol. The Labute approximate surface area is 109 Å². The van der Waals surface area contributed by atoms with E-state index < -0.39 is 0 Å². The topological polar surface area (TPSA) is 44.2 Å². The maximum atomic E-state index is 12.2. The second-order valence-electron chi connectivity index (χ2n) is 5.05. The van der Waals surface area contributed by atoms with Gasteiger partial charge in [0.15, 0.2) is 0 Å². The van der Waals surface area contributed by atoms with E-state index in [1.165, 1.54) is 0 Å². The van der Waals surface area contributed by atoms with Gasteiger partial charge in [0.05, 0.1) is 12.2 Å². The molecule has 5 nitrogen and oxygen atoms in total. The first kappa shape index (κ1) is 10.6. The number of rotatable bonds is 3. The van der Waals surface area contributed by atoms with E-state index in [2.05, 4.69) is 4.98 Å². The van der Waals surface area contributed by atoms with Crippen LogP contribution in [0, 0.1) is 0 Å². The van der Waals surface area contributed by atoms with Gasteiger partial charge >= 0.3 is 5.69 Å². The summed E-state index contributed by atoms with van der Waals surface area (Å²) < 4.78 is 5.52. The smallest absolute Gasteiger partial charge is 0.307 e. The van der Waals surface area contributed by atoms with Crippen LogP contribution in [0.2, 0.25) is 0 Å². The number of hydrogen-bond donors (Lipinski definition) is 0. The van der Waals surface area contributed by atoms with E-state index in [9.17, 15) is 4.79 Å². The van der Waals surface area contributed by atoms with Crippen molar-refractivity contribution >= 4 is 5.65 Å². The maximum absolute atomic E-state index is 12.2. The average Bonchev–Trinajstić information content (AvgIpc) is 3.07. The summed E-state index contributed by atoms with van der Waals surface area (Å²) in [6.07, 6.45) is 9.91. The third-order valence-electron chi connectivity index (χ3n) is 3.56. The van der Waals surface area contributed by atoms with Crippen LogP contribution in [-0.4, -0.2) is 18.5 Å². The summed E-state index contributed by atoms with van der Waals surface area (Å²) in [6, 6.07) is 6.31. The Hall–Kier alpha value is -2.30. The quantitative estimate of drug-likeness (QED) is 0.713. The van der Waals surface area contributed by atoms with E-state index in [4.69, 9.17) is 0 Å². The van der Waals surface area contributed by atoms with Crippen molar-refractivity contribution in [3.05, 3.63) is 59.2 Å². The molecular weight excluding hydrogens is 240 g/mol. The van der Waals surface area contributed by atoms with Gasteiger partial charge in [-0.05, 0) is 25.0 Å². The highest BCUT2D eigenvalue weighted by atomic mass is 16.1. The molecule has 0 amide bonds. The highest BCUT2D eigenvalue weighted by Gasteiger charge is 2.25. The molecule has 1 fully saturated rings. The number of aromatic nitrogens is 4. The molecule has 3 aromatic rings. The summed E-state index contributed by atoms with van der Waals surface area (Å²) in [7, 11) is 0. The third-order valence-corrected chi connectivity index (χ3v) is 3.56. The predicted octanol–water partition coefficient (Wildman–Crippen LogP) is 1.68. The maximum Gasteiger partial charge on any atom is 0.328 e. The molecule has 0 aromatic carbocycles. The Morgan fingerprint density at radius 3 is 2.89 bits per heavy atom. The number of nitrogens with zero attached hydrogens (tertiary/aromatic N) is 4. The summed E-state index contributed by atoms with van der Waals surface area (Å²) in [6.45, 7) is 0.528. The summed E-state index contributed by atoms with van der Waals surface area (Å²) in [5.74, 6) is 0. The lowest BCUT2D eigenvalue weighted by atomic mass is 10.5. The summed E-state index contributed by atoms with van der Waals surface area (Å²) in [4.78, 5) is 16.7. The predicted molar refractivity (Wildman–Crippen MR) is 71.3 cm³/mol. The first-order valence-corrected chi connectivity index (χ1v) is 6.51. The van der Waals surface area contributed by atoms with Crippen LogP contribution < -0.4 is 5.69 Å². The molecule has 4 rings (SSSR count). The molecular formula is C14H14N4O. The Morgan fingerprint density at radius 2 is 2.11 bits per heavy atom. The van der Waals surface area contributed by atoms with E-state index in [0.717, 1.165) is 24.2 Å². The van der Waals surface area contributed by atoms with E-state index in [1.54, 1.807) is 4.57 Å². The van der Waals surface area contributed by atoms with Crippen LogP contribution in [0.4, 0.5) is 0 Å². The molecule has 3 aromatic heterocycles. The van der Waals surface area contributed by atoms with Crippen LogP contribution in [0.5, 0.6) is 0 Å².